The molecule has 2 aromatic rings. The lowest BCUT2D eigenvalue weighted by atomic mass is 9.99. The summed E-state index contributed by atoms with van der Waals surface area (Å²) in [5.41, 5.74) is 2.89. The maximum Gasteiger partial charge on any atom is 0.223 e. The number of benzene rings is 2. The Labute approximate surface area is 163 Å². The van der Waals surface area contributed by atoms with Crippen LogP contribution in [-0.4, -0.2) is 32.8 Å². The molecule has 5 nitrogen and oxygen atoms in total. The molecule has 1 atom stereocenters. The van der Waals surface area contributed by atoms with Gasteiger partial charge in [0, 0.05) is 23.5 Å². The van der Waals surface area contributed by atoms with E-state index in [1.54, 1.807) is 14.2 Å². The van der Waals surface area contributed by atoms with E-state index >= 15 is 0 Å². The predicted octanol–water partition coefficient (Wildman–Crippen LogP) is 3.85. The van der Waals surface area contributed by atoms with Crippen molar-refractivity contribution in [2.75, 3.05) is 20.8 Å². The van der Waals surface area contributed by atoms with E-state index in [4.69, 9.17) is 25.8 Å². The average molecular weight is 388 g/mol. The van der Waals surface area contributed by atoms with Gasteiger partial charge in [0.15, 0.2) is 0 Å². The number of nitrogens with one attached hydrogen (secondary N) is 1. The third-order valence-electron chi connectivity index (χ3n) is 5.02. The van der Waals surface area contributed by atoms with Crippen molar-refractivity contribution in [3.8, 4) is 28.4 Å². The summed E-state index contributed by atoms with van der Waals surface area (Å²) in [5.74, 6) is 2.53. The predicted molar refractivity (Wildman–Crippen MR) is 104 cm³/mol. The van der Waals surface area contributed by atoms with Gasteiger partial charge in [-0.1, -0.05) is 11.6 Å². The van der Waals surface area contributed by atoms with Gasteiger partial charge in [-0.05, 0) is 48.7 Å². The lowest BCUT2D eigenvalue weighted by Gasteiger charge is -2.13. The van der Waals surface area contributed by atoms with Crippen LogP contribution in [0.2, 0.25) is 5.02 Å². The largest absolute Gasteiger partial charge is 0.497 e. The Morgan fingerprint density at radius 1 is 1.22 bits per heavy atom. The smallest absolute Gasteiger partial charge is 0.223 e. The van der Waals surface area contributed by atoms with Gasteiger partial charge in [0.2, 0.25) is 5.91 Å². The fourth-order valence-corrected chi connectivity index (χ4v) is 3.68. The molecule has 2 aromatic carbocycles. The van der Waals surface area contributed by atoms with E-state index < -0.39 is 0 Å². The summed E-state index contributed by atoms with van der Waals surface area (Å²) in [6.07, 6.45) is 2.60. The number of halogens is 1. The zero-order chi connectivity index (χ0) is 19.0. The number of ether oxygens (including phenoxy) is 3. The Balaban J connectivity index is 1.56. The third-order valence-corrected chi connectivity index (χ3v) is 5.30. The molecule has 6 heteroatoms. The first-order valence-corrected chi connectivity index (χ1v) is 9.46. The van der Waals surface area contributed by atoms with Gasteiger partial charge in [0.05, 0.1) is 25.8 Å². The van der Waals surface area contributed by atoms with Crippen molar-refractivity contribution in [1.82, 2.24) is 5.32 Å². The molecule has 2 aliphatic rings. The fourth-order valence-electron chi connectivity index (χ4n) is 3.40. The molecular formula is C21H22ClNO4. The molecule has 0 radical (unpaired) electrons. The van der Waals surface area contributed by atoms with Gasteiger partial charge in [-0.2, -0.15) is 0 Å². The quantitative estimate of drug-likeness (QED) is 0.817. The van der Waals surface area contributed by atoms with Crippen LogP contribution < -0.4 is 19.5 Å². The molecule has 1 heterocycles. The number of hydrogen-bond acceptors (Lipinski definition) is 4. The molecule has 1 aliphatic carbocycles. The molecule has 4 rings (SSSR count). The molecule has 0 unspecified atom stereocenters. The standard InChI is InChI=1S/C21H22ClNO4/c1-25-15-5-6-19(26-2)17(10-15)13-7-14-8-16(27-20(14)18(22)9-13)11-23-21(24)12-3-4-12/h5-7,9-10,12,16H,3-4,8,11H2,1-2H3,(H,23,24)/t16-/m1/s1. The second-order valence-corrected chi connectivity index (χ2v) is 7.38. The van der Waals surface area contributed by atoms with Crippen molar-refractivity contribution in [3.05, 3.63) is 40.9 Å². The Bertz CT molecular complexity index is 879. The highest BCUT2D eigenvalue weighted by molar-refractivity contribution is 6.32. The Morgan fingerprint density at radius 3 is 2.74 bits per heavy atom. The molecule has 0 aromatic heterocycles. The molecule has 1 aliphatic heterocycles. The van der Waals surface area contributed by atoms with Crippen LogP contribution in [0.3, 0.4) is 0 Å². The van der Waals surface area contributed by atoms with Gasteiger partial charge in [-0.25, -0.2) is 0 Å². The monoisotopic (exact) mass is 387 g/mol. The summed E-state index contributed by atoms with van der Waals surface area (Å²) >= 11 is 6.50. The number of hydrogen-bond donors (Lipinski definition) is 1. The summed E-state index contributed by atoms with van der Waals surface area (Å²) in [6.45, 7) is 0.498. The Morgan fingerprint density at radius 2 is 2.04 bits per heavy atom. The second-order valence-electron chi connectivity index (χ2n) is 6.98. The number of methoxy groups -OCH3 is 2. The van der Waals surface area contributed by atoms with Crippen molar-refractivity contribution >= 4 is 17.5 Å². The van der Waals surface area contributed by atoms with Gasteiger partial charge in [0.25, 0.3) is 0 Å². The van der Waals surface area contributed by atoms with Crippen molar-refractivity contribution in [1.29, 1.82) is 0 Å². The molecule has 0 spiro atoms. The first kappa shape index (κ1) is 18.0. The van der Waals surface area contributed by atoms with E-state index in [-0.39, 0.29) is 17.9 Å². The zero-order valence-corrected chi connectivity index (χ0v) is 16.1. The number of fused-ring (bicyclic) bond motifs is 1. The highest BCUT2D eigenvalue weighted by atomic mass is 35.5. The molecule has 27 heavy (non-hydrogen) atoms. The van der Waals surface area contributed by atoms with Crippen LogP contribution in [0.5, 0.6) is 17.2 Å². The Hall–Kier alpha value is -2.40. The maximum atomic E-state index is 11.9. The van der Waals surface area contributed by atoms with Crippen LogP contribution in [0, 0.1) is 5.92 Å². The van der Waals surface area contributed by atoms with Gasteiger partial charge in [0.1, 0.15) is 23.4 Å². The molecule has 1 N–H and O–H groups in total. The molecule has 1 amide bonds. The molecule has 0 bridgehead atoms. The minimum absolute atomic E-state index is 0.0948. The van der Waals surface area contributed by atoms with Crippen LogP contribution in [0.25, 0.3) is 11.1 Å². The SMILES string of the molecule is COc1ccc(OC)c(-c2cc(Cl)c3c(c2)C[C@H](CNC(=O)C2CC2)O3)c1. The lowest BCUT2D eigenvalue weighted by molar-refractivity contribution is -0.122. The number of amides is 1. The fraction of sp³-hybridized carbons (Fsp3) is 0.381. The molecular weight excluding hydrogens is 366 g/mol. The van der Waals surface area contributed by atoms with Gasteiger partial charge in [-0.15, -0.1) is 0 Å². The summed E-state index contributed by atoms with van der Waals surface area (Å²) in [6, 6.07) is 9.62. The highest BCUT2D eigenvalue weighted by Gasteiger charge is 2.31. The first-order chi connectivity index (χ1) is 13.1. The molecule has 0 saturated heterocycles. The van der Waals surface area contributed by atoms with Crippen LogP contribution in [-0.2, 0) is 11.2 Å². The highest BCUT2D eigenvalue weighted by Crippen LogP contribution is 2.42. The summed E-state index contributed by atoms with van der Waals surface area (Å²) in [5, 5.41) is 3.54. The third kappa shape index (κ3) is 3.69. The number of carbonyl (C=O) groups excluding carboxylic acids is 1. The van der Waals surface area contributed by atoms with Crippen LogP contribution in [0.15, 0.2) is 30.3 Å². The zero-order valence-electron chi connectivity index (χ0n) is 15.4. The second kappa shape index (κ2) is 7.31. The van der Waals surface area contributed by atoms with Crippen LogP contribution in [0.1, 0.15) is 18.4 Å². The minimum atomic E-state index is -0.0948. The maximum absolute atomic E-state index is 11.9. The number of rotatable bonds is 6. The molecule has 1 fully saturated rings. The van der Waals surface area contributed by atoms with Gasteiger partial charge < -0.3 is 19.5 Å². The average Bonchev–Trinajstić information content (AvgIpc) is 3.45. The van der Waals surface area contributed by atoms with Crippen molar-refractivity contribution in [2.45, 2.75) is 25.4 Å². The first-order valence-electron chi connectivity index (χ1n) is 9.08. The van der Waals surface area contributed by atoms with Crippen molar-refractivity contribution in [2.24, 2.45) is 5.92 Å². The van der Waals surface area contributed by atoms with Crippen molar-refractivity contribution in [3.63, 3.8) is 0 Å². The van der Waals surface area contributed by atoms with E-state index in [9.17, 15) is 4.79 Å². The van der Waals surface area contributed by atoms with Crippen LogP contribution >= 0.6 is 11.6 Å². The normalized spacial score (nSPS) is 17.8. The van der Waals surface area contributed by atoms with E-state index in [1.165, 1.54) is 0 Å². The molecule has 142 valence electrons. The Kier molecular flexibility index (Phi) is 4.87. The number of carbonyl (C=O) groups is 1. The topological polar surface area (TPSA) is 56.8 Å². The minimum Gasteiger partial charge on any atom is -0.497 e. The van der Waals surface area contributed by atoms with Crippen LogP contribution in [0.4, 0.5) is 0 Å². The summed E-state index contributed by atoms with van der Waals surface area (Å²) in [7, 11) is 3.28. The summed E-state index contributed by atoms with van der Waals surface area (Å²) in [4.78, 5) is 11.9. The van der Waals surface area contributed by atoms with E-state index in [0.717, 1.165) is 41.0 Å². The molecule has 1 saturated carbocycles. The summed E-state index contributed by atoms with van der Waals surface area (Å²) < 4.78 is 16.8. The van der Waals surface area contributed by atoms with Crippen molar-refractivity contribution < 1.29 is 19.0 Å². The van der Waals surface area contributed by atoms with E-state index in [1.807, 2.05) is 24.3 Å². The lowest BCUT2D eigenvalue weighted by Crippen LogP contribution is -2.35. The van der Waals surface area contributed by atoms with Gasteiger partial charge in [-0.3, -0.25) is 4.79 Å². The van der Waals surface area contributed by atoms with E-state index in [2.05, 4.69) is 11.4 Å². The van der Waals surface area contributed by atoms with E-state index in [0.29, 0.717) is 23.7 Å². The van der Waals surface area contributed by atoms with Gasteiger partial charge >= 0.3 is 0 Å².